The Labute approximate surface area is 163 Å². The lowest BCUT2D eigenvalue weighted by atomic mass is 9.87. The average molecular weight is 388 g/mol. The summed E-state index contributed by atoms with van der Waals surface area (Å²) in [5.74, 6) is 0.183. The van der Waals surface area contributed by atoms with Gasteiger partial charge in [0.1, 0.15) is 0 Å². The van der Waals surface area contributed by atoms with E-state index in [9.17, 15) is 9.59 Å². The summed E-state index contributed by atoms with van der Waals surface area (Å²) in [6.45, 7) is 12.1. The van der Waals surface area contributed by atoms with Gasteiger partial charge in [-0.25, -0.2) is 0 Å². The van der Waals surface area contributed by atoms with Gasteiger partial charge >= 0.3 is 0 Å². The lowest BCUT2D eigenvalue weighted by molar-refractivity contribution is -0.126. The summed E-state index contributed by atoms with van der Waals surface area (Å²) in [5, 5.41) is 9.12. The summed E-state index contributed by atoms with van der Waals surface area (Å²) in [6, 6.07) is 8.25. The van der Waals surface area contributed by atoms with Crippen LogP contribution in [0.3, 0.4) is 0 Å². The zero-order chi connectivity index (χ0) is 20.0. The summed E-state index contributed by atoms with van der Waals surface area (Å²) >= 11 is 1.25. The highest BCUT2D eigenvalue weighted by Gasteiger charge is 2.17. The van der Waals surface area contributed by atoms with Crippen LogP contribution in [0.15, 0.2) is 42.1 Å². The maximum atomic E-state index is 11.8. The third kappa shape index (κ3) is 5.68. The first-order valence-corrected chi connectivity index (χ1v) is 9.54. The summed E-state index contributed by atoms with van der Waals surface area (Å²) in [7, 11) is 0. The molecule has 0 saturated heterocycles. The molecule has 0 aliphatic heterocycles. The van der Waals surface area contributed by atoms with Gasteiger partial charge in [-0.15, -0.1) is 16.8 Å². The van der Waals surface area contributed by atoms with E-state index in [4.69, 9.17) is 0 Å². The fourth-order valence-electron chi connectivity index (χ4n) is 2.35. The molecule has 0 aliphatic rings. The number of hydrogen-bond donors (Lipinski definition) is 2. The van der Waals surface area contributed by atoms with E-state index >= 15 is 0 Å². The van der Waals surface area contributed by atoms with Crippen LogP contribution in [0.1, 0.15) is 33.3 Å². The lowest BCUT2D eigenvalue weighted by Crippen LogP contribution is -2.41. The number of carbonyl (C=O) groups is 2. The van der Waals surface area contributed by atoms with Gasteiger partial charge in [0.15, 0.2) is 11.0 Å². The van der Waals surface area contributed by atoms with E-state index in [1.165, 1.54) is 24.2 Å². The molecule has 0 bridgehead atoms. The Hall–Kier alpha value is -2.61. The van der Waals surface area contributed by atoms with E-state index in [-0.39, 0.29) is 23.0 Å². The van der Waals surface area contributed by atoms with Crippen LogP contribution in [0.4, 0.5) is 0 Å². The monoisotopic (exact) mass is 387 g/mol. The van der Waals surface area contributed by atoms with Crippen LogP contribution < -0.4 is 10.9 Å². The number of allylic oxidation sites excluding steroid dienone is 1. The minimum Gasteiger partial charge on any atom is -0.298 e. The molecule has 144 valence electrons. The largest absolute Gasteiger partial charge is 0.298 e. The number of hydrogen-bond acceptors (Lipinski definition) is 5. The van der Waals surface area contributed by atoms with E-state index in [0.29, 0.717) is 11.7 Å². The molecule has 0 spiro atoms. The zero-order valence-corrected chi connectivity index (χ0v) is 16.9. The quantitative estimate of drug-likeness (QED) is 0.452. The molecule has 7 nitrogen and oxygen atoms in total. The molecule has 0 saturated carbocycles. The number of carbonyl (C=O) groups excluding carboxylic acids is 2. The third-order valence-corrected chi connectivity index (χ3v) is 4.71. The fraction of sp³-hybridized carbons (Fsp3) is 0.368. The SMILES string of the molecule is C=CCn1c(SCC(=O)NNC(C)=O)nnc1-c1ccc(C(C)(C)C)cc1. The highest BCUT2D eigenvalue weighted by molar-refractivity contribution is 7.99. The van der Waals surface area contributed by atoms with Gasteiger partial charge in [-0.2, -0.15) is 0 Å². The number of aromatic nitrogens is 3. The fourth-order valence-corrected chi connectivity index (χ4v) is 3.09. The topological polar surface area (TPSA) is 88.9 Å². The molecule has 1 aromatic heterocycles. The standard InChI is InChI=1S/C19H25N5O2S/c1-6-11-24-17(14-7-9-15(10-8-14)19(3,4)5)22-23-18(24)27-12-16(26)21-20-13(2)25/h6-10H,1,11-12H2,2-5H3,(H,20,25)(H,21,26). The molecule has 2 N–H and O–H groups in total. The molecule has 1 aromatic carbocycles. The molecule has 1 heterocycles. The van der Waals surface area contributed by atoms with E-state index in [1.54, 1.807) is 6.08 Å². The Morgan fingerprint density at radius 1 is 1.19 bits per heavy atom. The van der Waals surface area contributed by atoms with Crippen molar-refractivity contribution in [1.29, 1.82) is 0 Å². The third-order valence-electron chi connectivity index (χ3n) is 3.75. The number of thioether (sulfide) groups is 1. The van der Waals surface area contributed by atoms with Crippen molar-refractivity contribution in [1.82, 2.24) is 25.6 Å². The highest BCUT2D eigenvalue weighted by Crippen LogP contribution is 2.27. The summed E-state index contributed by atoms with van der Waals surface area (Å²) < 4.78 is 1.91. The molecule has 0 radical (unpaired) electrons. The second-order valence-electron chi connectivity index (χ2n) is 7.05. The first-order valence-electron chi connectivity index (χ1n) is 8.55. The Balaban J connectivity index is 2.18. The molecule has 2 amide bonds. The Kier molecular flexibility index (Phi) is 6.79. The molecular weight excluding hydrogens is 362 g/mol. The van der Waals surface area contributed by atoms with Crippen LogP contribution in [0, 0.1) is 0 Å². The molecule has 0 unspecified atom stereocenters. The smallest absolute Gasteiger partial charge is 0.248 e. The van der Waals surface area contributed by atoms with Crippen molar-refractivity contribution in [3.63, 3.8) is 0 Å². The maximum Gasteiger partial charge on any atom is 0.248 e. The highest BCUT2D eigenvalue weighted by atomic mass is 32.2. The van der Waals surface area contributed by atoms with Crippen LogP contribution >= 0.6 is 11.8 Å². The maximum absolute atomic E-state index is 11.8. The number of nitrogens with one attached hydrogen (secondary N) is 2. The van der Waals surface area contributed by atoms with Crippen LogP contribution in [0.5, 0.6) is 0 Å². The number of amides is 2. The number of nitrogens with zero attached hydrogens (tertiary/aromatic N) is 3. The van der Waals surface area contributed by atoms with Crippen LogP contribution in [0.25, 0.3) is 11.4 Å². The Bertz CT molecular complexity index is 822. The molecule has 2 aromatic rings. The van der Waals surface area contributed by atoms with Gasteiger partial charge in [0.05, 0.1) is 5.75 Å². The Morgan fingerprint density at radius 2 is 1.85 bits per heavy atom. The Morgan fingerprint density at radius 3 is 2.41 bits per heavy atom. The van der Waals surface area contributed by atoms with Gasteiger partial charge in [0.25, 0.3) is 0 Å². The molecule has 0 aliphatic carbocycles. The van der Waals surface area contributed by atoms with Crippen molar-refractivity contribution in [2.75, 3.05) is 5.75 Å². The second kappa shape index (κ2) is 8.85. The molecule has 0 atom stereocenters. The van der Waals surface area contributed by atoms with Gasteiger partial charge in [-0.05, 0) is 11.0 Å². The molecule has 27 heavy (non-hydrogen) atoms. The number of benzene rings is 1. The summed E-state index contributed by atoms with van der Waals surface area (Å²) in [5.41, 5.74) is 6.86. The van der Waals surface area contributed by atoms with Crippen molar-refractivity contribution >= 4 is 23.6 Å². The van der Waals surface area contributed by atoms with Gasteiger partial charge in [0.2, 0.25) is 11.8 Å². The van der Waals surface area contributed by atoms with Crippen LogP contribution in [-0.4, -0.2) is 32.3 Å². The van der Waals surface area contributed by atoms with E-state index < -0.39 is 0 Å². The normalized spacial score (nSPS) is 11.1. The molecular formula is C19H25N5O2S. The zero-order valence-electron chi connectivity index (χ0n) is 16.1. The van der Waals surface area contributed by atoms with E-state index in [0.717, 1.165) is 11.4 Å². The minimum absolute atomic E-state index is 0.0790. The van der Waals surface area contributed by atoms with Crippen LogP contribution in [0.2, 0.25) is 0 Å². The number of hydrazine groups is 1. The molecule has 8 heteroatoms. The van der Waals surface area contributed by atoms with Crippen molar-refractivity contribution in [3.8, 4) is 11.4 Å². The van der Waals surface area contributed by atoms with Crippen molar-refractivity contribution in [2.45, 2.75) is 44.8 Å². The molecule has 2 rings (SSSR count). The van der Waals surface area contributed by atoms with Crippen molar-refractivity contribution in [3.05, 3.63) is 42.5 Å². The first kappa shape index (κ1) is 20.7. The lowest BCUT2D eigenvalue weighted by Gasteiger charge is -2.19. The second-order valence-corrected chi connectivity index (χ2v) is 7.99. The van der Waals surface area contributed by atoms with Gasteiger partial charge in [-0.1, -0.05) is 62.9 Å². The van der Waals surface area contributed by atoms with Gasteiger partial charge in [0, 0.05) is 19.0 Å². The van der Waals surface area contributed by atoms with Crippen molar-refractivity contribution in [2.24, 2.45) is 0 Å². The minimum atomic E-state index is -0.329. The molecule has 0 fully saturated rings. The average Bonchev–Trinajstić information content (AvgIpc) is 3.00. The summed E-state index contributed by atoms with van der Waals surface area (Å²) in [4.78, 5) is 22.6. The van der Waals surface area contributed by atoms with Gasteiger partial charge < -0.3 is 0 Å². The van der Waals surface area contributed by atoms with E-state index in [1.807, 2.05) is 16.7 Å². The summed E-state index contributed by atoms with van der Waals surface area (Å²) in [6.07, 6.45) is 1.76. The van der Waals surface area contributed by atoms with Crippen molar-refractivity contribution < 1.29 is 9.59 Å². The predicted molar refractivity (Wildman–Crippen MR) is 107 cm³/mol. The van der Waals surface area contributed by atoms with Gasteiger partial charge in [-0.3, -0.25) is 25.0 Å². The predicted octanol–water partition coefficient (Wildman–Crippen LogP) is 2.69. The number of rotatable bonds is 6. The van der Waals surface area contributed by atoms with E-state index in [2.05, 4.69) is 60.5 Å². The van der Waals surface area contributed by atoms with Crippen LogP contribution in [-0.2, 0) is 21.5 Å². The first-order chi connectivity index (χ1) is 12.7.